The van der Waals surface area contributed by atoms with Gasteiger partial charge >= 0.3 is 0 Å². The van der Waals surface area contributed by atoms with E-state index in [9.17, 15) is 0 Å². The van der Waals surface area contributed by atoms with Crippen molar-refractivity contribution < 1.29 is 19.7 Å². The van der Waals surface area contributed by atoms with Gasteiger partial charge in [-0.25, -0.2) is 0 Å². The second-order valence-corrected chi connectivity index (χ2v) is 6.87. The second-order valence-electron chi connectivity index (χ2n) is 6.87. The summed E-state index contributed by atoms with van der Waals surface area (Å²) in [5.74, 6) is 1.70. The molecule has 2 aromatic carbocycles. The predicted molar refractivity (Wildman–Crippen MR) is 105 cm³/mol. The number of hydrogen-bond acceptors (Lipinski definition) is 4. The van der Waals surface area contributed by atoms with Gasteiger partial charge in [-0.15, -0.1) is 0 Å². The Balaban J connectivity index is 2.56. The molecular formula is C22H30O4. The van der Waals surface area contributed by atoms with Gasteiger partial charge in [0.05, 0.1) is 13.2 Å². The molecule has 0 fully saturated rings. The molecular weight excluding hydrogens is 328 g/mol. The molecule has 0 aromatic heterocycles. The van der Waals surface area contributed by atoms with Gasteiger partial charge in [-0.2, -0.15) is 0 Å². The van der Waals surface area contributed by atoms with E-state index in [0.717, 1.165) is 33.8 Å². The van der Waals surface area contributed by atoms with E-state index < -0.39 is 0 Å². The molecule has 0 aliphatic carbocycles. The largest absolute Gasteiger partial charge is 0.491 e. The van der Waals surface area contributed by atoms with Gasteiger partial charge < -0.3 is 19.7 Å². The van der Waals surface area contributed by atoms with Crippen LogP contribution in [0, 0.1) is 27.7 Å². The third-order valence-corrected chi connectivity index (χ3v) is 4.50. The zero-order valence-corrected chi connectivity index (χ0v) is 16.4. The summed E-state index contributed by atoms with van der Waals surface area (Å²) < 4.78 is 11.7. The van der Waals surface area contributed by atoms with Crippen LogP contribution in [-0.4, -0.2) is 36.6 Å². The van der Waals surface area contributed by atoms with Crippen molar-refractivity contribution in [1.29, 1.82) is 0 Å². The molecule has 0 saturated heterocycles. The average molecular weight is 358 g/mol. The number of hydrogen-bond donors (Lipinski definition) is 2. The van der Waals surface area contributed by atoms with Crippen molar-refractivity contribution in [2.75, 3.05) is 26.4 Å². The van der Waals surface area contributed by atoms with Crippen molar-refractivity contribution >= 4 is 0 Å². The van der Waals surface area contributed by atoms with E-state index in [1.54, 1.807) is 0 Å². The molecule has 0 aliphatic rings. The Morgan fingerprint density at radius 2 is 1.12 bits per heavy atom. The summed E-state index contributed by atoms with van der Waals surface area (Å²) in [6, 6.07) is 8.46. The minimum absolute atomic E-state index is 0.0183. The van der Waals surface area contributed by atoms with Crippen LogP contribution in [0.3, 0.4) is 0 Å². The first-order valence-corrected chi connectivity index (χ1v) is 9.08. The number of aliphatic hydroxyl groups excluding tert-OH is 2. The molecule has 0 unspecified atom stereocenters. The topological polar surface area (TPSA) is 58.9 Å². The third-order valence-electron chi connectivity index (χ3n) is 4.50. The van der Waals surface area contributed by atoms with Crippen LogP contribution >= 0.6 is 0 Å². The van der Waals surface area contributed by atoms with Gasteiger partial charge in [-0.05, 0) is 38.8 Å². The standard InChI is InChI=1S/C22H30O4/c1-14-10-16(3)21(25-8-6-23)19(12-14)18(5)20-13-15(2)11-17(4)22(20)26-9-7-24/h10-13,18,23-24H,6-9H2,1-5H3. The van der Waals surface area contributed by atoms with Gasteiger partial charge in [-0.1, -0.05) is 42.3 Å². The number of rotatable bonds is 8. The molecule has 2 aromatic rings. The van der Waals surface area contributed by atoms with Crippen LogP contribution in [-0.2, 0) is 0 Å². The van der Waals surface area contributed by atoms with E-state index in [2.05, 4.69) is 45.0 Å². The van der Waals surface area contributed by atoms with E-state index in [-0.39, 0.29) is 32.3 Å². The van der Waals surface area contributed by atoms with Crippen molar-refractivity contribution in [3.63, 3.8) is 0 Å². The molecule has 0 spiro atoms. The summed E-state index contributed by atoms with van der Waals surface area (Å²) in [7, 11) is 0. The fourth-order valence-electron chi connectivity index (χ4n) is 3.48. The highest BCUT2D eigenvalue weighted by Crippen LogP contribution is 2.40. The maximum Gasteiger partial charge on any atom is 0.126 e. The molecule has 4 heteroatoms. The van der Waals surface area contributed by atoms with Gasteiger partial charge in [0, 0.05) is 17.0 Å². The highest BCUT2D eigenvalue weighted by molar-refractivity contribution is 5.54. The molecule has 142 valence electrons. The van der Waals surface area contributed by atoms with Crippen LogP contribution in [0.4, 0.5) is 0 Å². The molecule has 0 amide bonds. The lowest BCUT2D eigenvalue weighted by atomic mass is 9.87. The minimum Gasteiger partial charge on any atom is -0.491 e. The van der Waals surface area contributed by atoms with Gasteiger partial charge in [0.1, 0.15) is 24.7 Å². The Morgan fingerprint density at radius 1 is 0.731 bits per heavy atom. The minimum atomic E-state index is -0.0183. The van der Waals surface area contributed by atoms with Crippen LogP contribution in [0.15, 0.2) is 24.3 Å². The first-order valence-electron chi connectivity index (χ1n) is 9.08. The monoisotopic (exact) mass is 358 g/mol. The summed E-state index contributed by atoms with van der Waals surface area (Å²) in [6.07, 6.45) is 0. The zero-order chi connectivity index (χ0) is 19.3. The lowest BCUT2D eigenvalue weighted by Crippen LogP contribution is -2.11. The molecule has 2 N–H and O–H groups in total. The first kappa shape index (κ1) is 20.3. The van der Waals surface area contributed by atoms with E-state index in [1.165, 1.54) is 11.1 Å². The fraction of sp³-hybridized carbons (Fsp3) is 0.455. The molecule has 0 atom stereocenters. The van der Waals surface area contributed by atoms with Crippen molar-refractivity contribution in [3.8, 4) is 11.5 Å². The number of ether oxygens (including phenoxy) is 2. The fourth-order valence-corrected chi connectivity index (χ4v) is 3.48. The number of aryl methyl sites for hydroxylation is 4. The molecule has 0 aliphatic heterocycles. The Hall–Kier alpha value is -2.04. The zero-order valence-electron chi connectivity index (χ0n) is 16.4. The van der Waals surface area contributed by atoms with Crippen LogP contribution in [0.2, 0.25) is 0 Å². The van der Waals surface area contributed by atoms with E-state index in [4.69, 9.17) is 19.7 Å². The first-order chi connectivity index (χ1) is 12.4. The predicted octanol–water partition coefficient (Wildman–Crippen LogP) is 3.81. The van der Waals surface area contributed by atoms with Gasteiger partial charge in [-0.3, -0.25) is 0 Å². The summed E-state index contributed by atoms with van der Waals surface area (Å²) in [4.78, 5) is 0. The Kier molecular flexibility index (Phi) is 7.06. The summed E-state index contributed by atoms with van der Waals surface area (Å²) in [5.41, 5.74) is 6.61. The summed E-state index contributed by atoms with van der Waals surface area (Å²) >= 11 is 0. The maximum atomic E-state index is 9.16. The van der Waals surface area contributed by atoms with Crippen LogP contribution < -0.4 is 9.47 Å². The molecule has 0 radical (unpaired) electrons. The highest BCUT2D eigenvalue weighted by atomic mass is 16.5. The lowest BCUT2D eigenvalue weighted by Gasteiger charge is -2.23. The second kappa shape index (κ2) is 9.06. The third kappa shape index (κ3) is 4.57. The molecule has 26 heavy (non-hydrogen) atoms. The Bertz CT molecular complexity index is 689. The van der Waals surface area contributed by atoms with Crippen molar-refractivity contribution in [1.82, 2.24) is 0 Å². The number of benzene rings is 2. The number of aliphatic hydroxyl groups is 2. The Labute approximate surface area is 156 Å². The molecule has 2 rings (SSSR count). The molecule has 0 heterocycles. The highest BCUT2D eigenvalue weighted by Gasteiger charge is 2.21. The molecule has 0 saturated carbocycles. The molecule has 4 nitrogen and oxygen atoms in total. The van der Waals surface area contributed by atoms with E-state index >= 15 is 0 Å². The smallest absolute Gasteiger partial charge is 0.126 e. The quantitative estimate of drug-likeness (QED) is 0.753. The van der Waals surface area contributed by atoms with Crippen molar-refractivity contribution in [2.45, 2.75) is 40.5 Å². The normalized spacial score (nSPS) is 11.1. The Morgan fingerprint density at radius 3 is 1.46 bits per heavy atom. The van der Waals surface area contributed by atoms with Gasteiger partial charge in [0.15, 0.2) is 0 Å². The van der Waals surface area contributed by atoms with Gasteiger partial charge in [0.2, 0.25) is 0 Å². The van der Waals surface area contributed by atoms with Crippen LogP contribution in [0.1, 0.15) is 46.2 Å². The SMILES string of the molecule is Cc1cc(C)c(OCCO)c(C(C)c2cc(C)cc(C)c2OCCO)c1. The van der Waals surface area contributed by atoms with E-state index in [1.807, 2.05) is 13.8 Å². The van der Waals surface area contributed by atoms with Gasteiger partial charge in [0.25, 0.3) is 0 Å². The summed E-state index contributed by atoms with van der Waals surface area (Å²) in [5, 5.41) is 18.3. The van der Waals surface area contributed by atoms with Crippen LogP contribution in [0.5, 0.6) is 11.5 Å². The van der Waals surface area contributed by atoms with Crippen LogP contribution in [0.25, 0.3) is 0 Å². The van der Waals surface area contributed by atoms with E-state index in [0.29, 0.717) is 0 Å². The average Bonchev–Trinajstić information content (AvgIpc) is 2.58. The maximum absolute atomic E-state index is 9.16. The lowest BCUT2D eigenvalue weighted by molar-refractivity contribution is 0.197. The molecule has 0 bridgehead atoms. The summed E-state index contributed by atoms with van der Waals surface area (Å²) in [6.45, 7) is 10.8. The van der Waals surface area contributed by atoms with Crippen molar-refractivity contribution in [2.24, 2.45) is 0 Å². The van der Waals surface area contributed by atoms with Crippen molar-refractivity contribution in [3.05, 3.63) is 57.6 Å².